The highest BCUT2D eigenvalue weighted by molar-refractivity contribution is 5.71. The summed E-state index contributed by atoms with van der Waals surface area (Å²) < 4.78 is 10.7. The van der Waals surface area contributed by atoms with Crippen molar-refractivity contribution in [2.75, 3.05) is 13.2 Å². The van der Waals surface area contributed by atoms with Crippen LogP contribution >= 0.6 is 0 Å². The SMILES string of the molecule is CCc1ccccc1OCC(=O)OCCCc1cccc(C)n1. The first-order chi connectivity index (χ1) is 11.2. The molecule has 0 saturated heterocycles. The Morgan fingerprint density at radius 2 is 1.96 bits per heavy atom. The predicted molar refractivity (Wildman–Crippen MR) is 89.6 cm³/mol. The van der Waals surface area contributed by atoms with E-state index in [0.29, 0.717) is 6.61 Å². The van der Waals surface area contributed by atoms with E-state index >= 15 is 0 Å². The molecule has 0 amide bonds. The Kier molecular flexibility index (Phi) is 6.60. The summed E-state index contributed by atoms with van der Waals surface area (Å²) >= 11 is 0. The second kappa shape index (κ2) is 8.93. The number of nitrogens with zero attached hydrogens (tertiary/aromatic N) is 1. The van der Waals surface area contributed by atoms with Gasteiger partial charge in [0.1, 0.15) is 5.75 Å². The summed E-state index contributed by atoms with van der Waals surface area (Å²) in [4.78, 5) is 16.1. The fourth-order valence-electron chi connectivity index (χ4n) is 2.29. The Morgan fingerprint density at radius 1 is 1.13 bits per heavy atom. The van der Waals surface area contributed by atoms with E-state index in [2.05, 4.69) is 11.9 Å². The fraction of sp³-hybridized carbons (Fsp3) is 0.368. The molecule has 4 nitrogen and oxygen atoms in total. The van der Waals surface area contributed by atoms with Gasteiger partial charge < -0.3 is 9.47 Å². The van der Waals surface area contributed by atoms with Gasteiger partial charge in [0.2, 0.25) is 0 Å². The Balaban J connectivity index is 1.67. The summed E-state index contributed by atoms with van der Waals surface area (Å²) in [7, 11) is 0. The average Bonchev–Trinajstić information content (AvgIpc) is 2.57. The number of para-hydroxylation sites is 1. The summed E-state index contributed by atoms with van der Waals surface area (Å²) in [6.07, 6.45) is 2.43. The molecular weight excluding hydrogens is 290 g/mol. The summed E-state index contributed by atoms with van der Waals surface area (Å²) in [6, 6.07) is 13.7. The van der Waals surface area contributed by atoms with E-state index in [-0.39, 0.29) is 12.6 Å². The summed E-state index contributed by atoms with van der Waals surface area (Å²) in [5.41, 5.74) is 3.11. The zero-order chi connectivity index (χ0) is 16.5. The van der Waals surface area contributed by atoms with Crippen LogP contribution < -0.4 is 4.74 Å². The zero-order valence-corrected chi connectivity index (χ0v) is 13.7. The maximum atomic E-state index is 11.7. The van der Waals surface area contributed by atoms with Crippen LogP contribution in [-0.4, -0.2) is 24.2 Å². The lowest BCUT2D eigenvalue weighted by atomic mass is 10.1. The molecule has 0 spiro atoms. The number of esters is 1. The van der Waals surface area contributed by atoms with Crippen molar-refractivity contribution in [3.05, 3.63) is 59.4 Å². The molecule has 1 aromatic carbocycles. The van der Waals surface area contributed by atoms with Gasteiger partial charge in [-0.3, -0.25) is 4.98 Å². The van der Waals surface area contributed by atoms with E-state index in [1.54, 1.807) is 0 Å². The predicted octanol–water partition coefficient (Wildman–Crippen LogP) is 3.51. The van der Waals surface area contributed by atoms with Gasteiger partial charge in [0.25, 0.3) is 0 Å². The first-order valence-corrected chi connectivity index (χ1v) is 7.98. The van der Waals surface area contributed by atoms with Gasteiger partial charge in [-0.05, 0) is 49.9 Å². The highest BCUT2D eigenvalue weighted by Gasteiger charge is 2.07. The summed E-state index contributed by atoms with van der Waals surface area (Å²) in [6.45, 7) is 4.35. The number of rotatable bonds is 8. The Morgan fingerprint density at radius 3 is 2.74 bits per heavy atom. The molecule has 23 heavy (non-hydrogen) atoms. The van der Waals surface area contributed by atoms with Crippen LogP contribution in [0.4, 0.5) is 0 Å². The van der Waals surface area contributed by atoms with Gasteiger partial charge in [-0.15, -0.1) is 0 Å². The van der Waals surface area contributed by atoms with Crippen LogP contribution in [-0.2, 0) is 22.4 Å². The maximum absolute atomic E-state index is 11.7. The first kappa shape index (κ1) is 17.0. The van der Waals surface area contributed by atoms with Crippen LogP contribution in [0.2, 0.25) is 0 Å². The molecule has 122 valence electrons. The van der Waals surface area contributed by atoms with Crippen LogP contribution in [0.5, 0.6) is 5.75 Å². The smallest absolute Gasteiger partial charge is 0.344 e. The number of pyridine rings is 1. The lowest BCUT2D eigenvalue weighted by Crippen LogP contribution is -2.16. The normalized spacial score (nSPS) is 10.3. The van der Waals surface area contributed by atoms with E-state index in [0.717, 1.165) is 42.0 Å². The lowest BCUT2D eigenvalue weighted by Gasteiger charge is -2.10. The van der Waals surface area contributed by atoms with Crippen molar-refractivity contribution < 1.29 is 14.3 Å². The Labute approximate surface area is 137 Å². The van der Waals surface area contributed by atoms with Crippen molar-refractivity contribution in [3.63, 3.8) is 0 Å². The van der Waals surface area contributed by atoms with Crippen molar-refractivity contribution in [2.45, 2.75) is 33.1 Å². The lowest BCUT2D eigenvalue weighted by molar-refractivity contribution is -0.146. The van der Waals surface area contributed by atoms with Crippen LogP contribution in [0.15, 0.2) is 42.5 Å². The first-order valence-electron chi connectivity index (χ1n) is 7.98. The number of carbonyl (C=O) groups excluding carboxylic acids is 1. The number of carbonyl (C=O) groups is 1. The topological polar surface area (TPSA) is 48.4 Å². The van der Waals surface area contributed by atoms with Gasteiger partial charge in [0.05, 0.1) is 6.61 Å². The number of hydrogen-bond acceptors (Lipinski definition) is 4. The Bertz CT molecular complexity index is 640. The second-order valence-electron chi connectivity index (χ2n) is 5.34. The molecule has 2 rings (SSSR count). The molecule has 0 bridgehead atoms. The van der Waals surface area contributed by atoms with E-state index in [1.165, 1.54) is 0 Å². The molecule has 0 unspecified atom stereocenters. The standard InChI is InChI=1S/C19H23NO3/c1-3-16-9-4-5-12-18(16)23-14-19(21)22-13-7-11-17-10-6-8-15(2)20-17/h4-6,8-10,12H,3,7,11,13-14H2,1-2H3. The number of aromatic nitrogens is 1. The molecule has 0 saturated carbocycles. The van der Waals surface area contributed by atoms with Gasteiger partial charge in [-0.2, -0.15) is 0 Å². The number of benzene rings is 1. The van der Waals surface area contributed by atoms with Gasteiger partial charge in [0, 0.05) is 11.4 Å². The fourth-order valence-corrected chi connectivity index (χ4v) is 2.29. The molecule has 0 aliphatic carbocycles. The molecule has 1 heterocycles. The molecule has 0 radical (unpaired) electrons. The van der Waals surface area contributed by atoms with Crippen LogP contribution in [0.1, 0.15) is 30.3 Å². The van der Waals surface area contributed by atoms with Gasteiger partial charge in [-0.25, -0.2) is 4.79 Å². The van der Waals surface area contributed by atoms with E-state index in [9.17, 15) is 4.79 Å². The minimum atomic E-state index is -0.340. The molecule has 2 aromatic rings. The highest BCUT2D eigenvalue weighted by atomic mass is 16.6. The maximum Gasteiger partial charge on any atom is 0.344 e. The van der Waals surface area contributed by atoms with Gasteiger partial charge >= 0.3 is 5.97 Å². The minimum absolute atomic E-state index is 0.0558. The third kappa shape index (κ3) is 5.74. The molecule has 4 heteroatoms. The highest BCUT2D eigenvalue weighted by Crippen LogP contribution is 2.18. The molecule has 0 aliphatic heterocycles. The quantitative estimate of drug-likeness (QED) is 0.553. The van der Waals surface area contributed by atoms with E-state index < -0.39 is 0 Å². The largest absolute Gasteiger partial charge is 0.482 e. The summed E-state index contributed by atoms with van der Waals surface area (Å²) in [5.74, 6) is 0.406. The molecule has 0 fully saturated rings. The third-order valence-electron chi connectivity index (χ3n) is 3.49. The van der Waals surface area contributed by atoms with Crippen LogP contribution in [0.3, 0.4) is 0 Å². The monoisotopic (exact) mass is 313 g/mol. The zero-order valence-electron chi connectivity index (χ0n) is 13.7. The van der Waals surface area contributed by atoms with Crippen molar-refractivity contribution in [2.24, 2.45) is 0 Å². The Hall–Kier alpha value is -2.36. The summed E-state index contributed by atoms with van der Waals surface area (Å²) in [5, 5.41) is 0. The third-order valence-corrected chi connectivity index (χ3v) is 3.49. The number of hydrogen-bond donors (Lipinski definition) is 0. The van der Waals surface area contributed by atoms with Crippen molar-refractivity contribution in [1.29, 1.82) is 0 Å². The van der Waals surface area contributed by atoms with Crippen LogP contribution in [0, 0.1) is 6.92 Å². The number of aryl methyl sites for hydroxylation is 3. The number of ether oxygens (including phenoxy) is 2. The van der Waals surface area contributed by atoms with Crippen molar-refractivity contribution in [1.82, 2.24) is 4.98 Å². The molecular formula is C19H23NO3. The molecule has 0 aliphatic rings. The molecule has 0 atom stereocenters. The minimum Gasteiger partial charge on any atom is -0.482 e. The average molecular weight is 313 g/mol. The van der Waals surface area contributed by atoms with Gasteiger partial charge in [-0.1, -0.05) is 31.2 Å². The van der Waals surface area contributed by atoms with E-state index in [4.69, 9.17) is 9.47 Å². The van der Waals surface area contributed by atoms with Crippen LogP contribution in [0.25, 0.3) is 0 Å². The second-order valence-corrected chi connectivity index (χ2v) is 5.34. The van der Waals surface area contributed by atoms with Gasteiger partial charge in [0.15, 0.2) is 6.61 Å². The van der Waals surface area contributed by atoms with Crippen molar-refractivity contribution >= 4 is 5.97 Å². The molecule has 1 aromatic heterocycles. The molecule has 0 N–H and O–H groups in total. The van der Waals surface area contributed by atoms with Crippen molar-refractivity contribution in [3.8, 4) is 5.75 Å². The van der Waals surface area contributed by atoms with E-state index in [1.807, 2.05) is 49.4 Å².